The number of sulfonamides is 1. The first kappa shape index (κ1) is 13.9. The summed E-state index contributed by atoms with van der Waals surface area (Å²) in [5, 5.41) is 9.00. The van der Waals surface area contributed by atoms with Gasteiger partial charge in [0.2, 0.25) is 10.0 Å². The zero-order chi connectivity index (χ0) is 13.2. The fourth-order valence-electron chi connectivity index (χ4n) is 1.23. The molecule has 0 radical (unpaired) electrons. The maximum atomic E-state index is 13.2. The molecule has 17 heavy (non-hydrogen) atoms. The molecule has 0 fully saturated rings. The molecule has 96 valence electrons. The van der Waals surface area contributed by atoms with Gasteiger partial charge in [-0.3, -0.25) is 0 Å². The first-order valence-electron chi connectivity index (χ1n) is 4.97. The molecule has 0 aromatic heterocycles. The summed E-state index contributed by atoms with van der Waals surface area (Å²) in [6.45, 7) is 2.77. The van der Waals surface area contributed by atoms with Crippen molar-refractivity contribution in [3.63, 3.8) is 0 Å². The van der Waals surface area contributed by atoms with Crippen molar-refractivity contribution in [2.24, 2.45) is 0 Å². The molecule has 0 spiro atoms. The summed E-state index contributed by atoms with van der Waals surface area (Å²) in [4.78, 5) is -0.116. The van der Waals surface area contributed by atoms with Gasteiger partial charge in [-0.1, -0.05) is 0 Å². The fourth-order valence-corrected chi connectivity index (χ4v) is 2.47. The number of nitrogen functional groups attached to an aromatic ring is 1. The number of benzene rings is 1. The van der Waals surface area contributed by atoms with Gasteiger partial charge in [0.1, 0.15) is 5.82 Å². The molecular weight excluding hydrogens is 247 g/mol. The van der Waals surface area contributed by atoms with E-state index in [1.165, 1.54) is 19.9 Å². The Balaban J connectivity index is 3.08. The molecule has 0 amide bonds. The summed E-state index contributed by atoms with van der Waals surface area (Å²) < 4.78 is 38.9. The molecule has 1 aromatic carbocycles. The minimum atomic E-state index is -3.77. The average molecular weight is 262 g/mol. The lowest BCUT2D eigenvalue weighted by atomic mass is 10.2. The quantitative estimate of drug-likeness (QED) is 0.684. The first-order chi connectivity index (χ1) is 7.74. The molecular formula is C10H15FN2O3S. The molecule has 0 aliphatic rings. The molecule has 1 aromatic rings. The normalized spacial score (nSPS) is 13.6. The van der Waals surface area contributed by atoms with Crippen molar-refractivity contribution in [3.8, 4) is 0 Å². The number of aryl methyl sites for hydroxylation is 1. The van der Waals surface area contributed by atoms with E-state index < -0.39 is 21.9 Å². The highest BCUT2D eigenvalue weighted by Crippen LogP contribution is 2.20. The van der Waals surface area contributed by atoms with Gasteiger partial charge in [-0.25, -0.2) is 17.5 Å². The average Bonchev–Trinajstić information content (AvgIpc) is 2.22. The van der Waals surface area contributed by atoms with E-state index in [1.807, 2.05) is 0 Å². The number of nitrogens with one attached hydrogen (secondary N) is 1. The maximum absolute atomic E-state index is 13.2. The predicted octanol–water partition coefficient (Wildman–Crippen LogP) is 0.375. The number of hydrogen-bond donors (Lipinski definition) is 3. The van der Waals surface area contributed by atoms with Crippen molar-refractivity contribution in [2.45, 2.75) is 24.8 Å². The van der Waals surface area contributed by atoms with Gasteiger partial charge in [-0.2, -0.15) is 0 Å². The fraction of sp³-hybridized carbons (Fsp3) is 0.400. The molecule has 0 aliphatic carbocycles. The van der Waals surface area contributed by atoms with Crippen molar-refractivity contribution in [2.75, 3.05) is 12.3 Å². The molecule has 0 bridgehead atoms. The SMILES string of the molecule is Cc1cc(S(=O)(=O)NC[C@@H](C)O)cc(N)c1F. The molecule has 1 atom stereocenters. The highest BCUT2D eigenvalue weighted by Gasteiger charge is 2.17. The molecule has 0 aliphatic heterocycles. The number of anilines is 1. The largest absolute Gasteiger partial charge is 0.396 e. The van der Waals surface area contributed by atoms with E-state index in [0.29, 0.717) is 0 Å². The van der Waals surface area contributed by atoms with Gasteiger partial charge < -0.3 is 10.8 Å². The zero-order valence-electron chi connectivity index (χ0n) is 9.57. The van der Waals surface area contributed by atoms with Crippen molar-refractivity contribution >= 4 is 15.7 Å². The molecule has 0 saturated heterocycles. The standard InChI is InChI=1S/C10H15FN2O3S/c1-6-3-8(4-9(12)10(6)11)17(15,16)13-5-7(2)14/h3-4,7,13-14H,5,12H2,1-2H3/t7-/m1/s1. The van der Waals surface area contributed by atoms with E-state index >= 15 is 0 Å². The van der Waals surface area contributed by atoms with E-state index in [2.05, 4.69) is 4.72 Å². The molecule has 4 N–H and O–H groups in total. The summed E-state index contributed by atoms with van der Waals surface area (Å²) >= 11 is 0. The minimum Gasteiger partial charge on any atom is -0.396 e. The summed E-state index contributed by atoms with van der Waals surface area (Å²) in [6, 6.07) is 2.24. The second-order valence-electron chi connectivity index (χ2n) is 3.84. The first-order valence-corrected chi connectivity index (χ1v) is 6.45. The van der Waals surface area contributed by atoms with Gasteiger partial charge in [0.05, 0.1) is 16.7 Å². The summed E-state index contributed by atoms with van der Waals surface area (Å²) in [7, 11) is -3.77. The number of rotatable bonds is 4. The number of hydrogen-bond acceptors (Lipinski definition) is 4. The topological polar surface area (TPSA) is 92.4 Å². The Labute approximate surface area is 99.5 Å². The van der Waals surface area contributed by atoms with Crippen LogP contribution in [0, 0.1) is 12.7 Å². The molecule has 0 saturated carbocycles. The van der Waals surface area contributed by atoms with Crippen molar-refractivity contribution in [3.05, 3.63) is 23.5 Å². The van der Waals surface area contributed by atoms with Crippen LogP contribution in [0.5, 0.6) is 0 Å². The Bertz CT molecular complexity index is 491. The third kappa shape index (κ3) is 3.39. The van der Waals surface area contributed by atoms with E-state index in [-0.39, 0.29) is 22.7 Å². The summed E-state index contributed by atoms with van der Waals surface area (Å²) in [6.07, 6.45) is -0.802. The van der Waals surface area contributed by atoms with Gasteiger partial charge in [0.25, 0.3) is 0 Å². The number of aliphatic hydroxyl groups is 1. The van der Waals surface area contributed by atoms with Crippen molar-refractivity contribution in [1.29, 1.82) is 0 Å². The summed E-state index contributed by atoms with van der Waals surface area (Å²) in [5.74, 6) is -0.625. The van der Waals surface area contributed by atoms with E-state index in [1.54, 1.807) is 0 Å². The molecule has 5 nitrogen and oxygen atoms in total. The zero-order valence-corrected chi connectivity index (χ0v) is 10.4. The Morgan fingerprint density at radius 3 is 2.59 bits per heavy atom. The molecule has 1 rings (SSSR count). The Morgan fingerprint density at radius 2 is 2.12 bits per heavy atom. The lowest BCUT2D eigenvalue weighted by molar-refractivity contribution is 0.198. The second kappa shape index (κ2) is 4.99. The van der Waals surface area contributed by atoms with Crippen molar-refractivity contribution < 1.29 is 17.9 Å². The van der Waals surface area contributed by atoms with Gasteiger partial charge in [-0.05, 0) is 31.5 Å². The lowest BCUT2D eigenvalue weighted by Crippen LogP contribution is -2.30. The van der Waals surface area contributed by atoms with Gasteiger partial charge in [0, 0.05) is 6.54 Å². The van der Waals surface area contributed by atoms with Gasteiger partial charge in [0.15, 0.2) is 0 Å². The smallest absolute Gasteiger partial charge is 0.240 e. The van der Waals surface area contributed by atoms with Crippen LogP contribution in [0.15, 0.2) is 17.0 Å². The summed E-state index contributed by atoms with van der Waals surface area (Å²) in [5.41, 5.74) is 5.29. The molecule has 0 unspecified atom stereocenters. The van der Waals surface area contributed by atoms with Crippen LogP contribution in [-0.2, 0) is 10.0 Å². The molecule has 7 heteroatoms. The van der Waals surface area contributed by atoms with E-state index in [4.69, 9.17) is 10.8 Å². The second-order valence-corrected chi connectivity index (χ2v) is 5.61. The van der Waals surface area contributed by atoms with Gasteiger partial charge in [-0.15, -0.1) is 0 Å². The van der Waals surface area contributed by atoms with Crippen LogP contribution in [0.2, 0.25) is 0 Å². The lowest BCUT2D eigenvalue weighted by Gasteiger charge is -2.10. The Morgan fingerprint density at radius 1 is 1.53 bits per heavy atom. The predicted molar refractivity (Wildman–Crippen MR) is 62.4 cm³/mol. The maximum Gasteiger partial charge on any atom is 0.240 e. The third-order valence-electron chi connectivity index (χ3n) is 2.14. The van der Waals surface area contributed by atoms with E-state index in [0.717, 1.165) is 6.07 Å². The minimum absolute atomic E-state index is 0.112. The monoisotopic (exact) mass is 262 g/mol. The van der Waals surface area contributed by atoms with Gasteiger partial charge >= 0.3 is 0 Å². The number of nitrogens with two attached hydrogens (primary N) is 1. The third-order valence-corrected chi connectivity index (χ3v) is 3.54. The van der Waals surface area contributed by atoms with Crippen LogP contribution in [0.3, 0.4) is 0 Å². The van der Waals surface area contributed by atoms with Crippen molar-refractivity contribution in [1.82, 2.24) is 4.72 Å². The number of halogens is 1. The molecule has 0 heterocycles. The van der Waals surface area contributed by atoms with Crippen LogP contribution < -0.4 is 10.5 Å². The Hall–Kier alpha value is -1.18. The highest BCUT2D eigenvalue weighted by atomic mass is 32.2. The van der Waals surface area contributed by atoms with Crippen LogP contribution in [0.25, 0.3) is 0 Å². The number of aliphatic hydroxyl groups excluding tert-OH is 1. The Kier molecular flexibility index (Phi) is 4.07. The van der Waals surface area contributed by atoms with E-state index in [9.17, 15) is 12.8 Å². The van der Waals surface area contributed by atoms with Crippen LogP contribution in [-0.4, -0.2) is 26.2 Å². The van der Waals surface area contributed by atoms with Crippen LogP contribution >= 0.6 is 0 Å². The highest BCUT2D eigenvalue weighted by molar-refractivity contribution is 7.89. The van der Waals surface area contributed by atoms with Crippen LogP contribution in [0.4, 0.5) is 10.1 Å². The van der Waals surface area contributed by atoms with Crippen LogP contribution in [0.1, 0.15) is 12.5 Å².